The third kappa shape index (κ3) is 1.14. The molecular weight excluding hydrogens is 172 g/mol. The normalized spacial score (nSPS) is 13.4. The van der Waals surface area contributed by atoms with Crippen molar-refractivity contribution in [2.45, 2.75) is 0 Å². The van der Waals surface area contributed by atoms with Crippen LogP contribution in [0.15, 0.2) is 29.4 Å². The molecule has 1 aliphatic heterocycles. The van der Waals surface area contributed by atoms with Crippen LogP contribution < -0.4 is 9.64 Å². The first-order chi connectivity index (χ1) is 6.33. The third-order valence-electron chi connectivity index (χ3n) is 1.81. The summed E-state index contributed by atoms with van der Waals surface area (Å²) in [5.41, 5.74) is 0.590. The van der Waals surface area contributed by atoms with Crippen molar-refractivity contribution in [1.82, 2.24) is 0 Å². The quantitative estimate of drug-likeness (QED) is 0.568. The third-order valence-corrected chi connectivity index (χ3v) is 1.81. The second-order valence-corrected chi connectivity index (χ2v) is 2.54. The molecule has 1 aromatic carbocycles. The van der Waals surface area contributed by atoms with Crippen LogP contribution in [-0.4, -0.2) is 12.8 Å². The van der Waals surface area contributed by atoms with Crippen molar-refractivity contribution in [1.29, 1.82) is 0 Å². The van der Waals surface area contributed by atoms with Gasteiger partial charge in [-0.3, -0.25) is 4.90 Å². The molecule has 2 rings (SSSR count). The van der Waals surface area contributed by atoms with Gasteiger partial charge in [-0.05, 0) is 12.1 Å². The number of anilines is 1. The molecule has 1 aliphatic rings. The first-order valence-corrected chi connectivity index (χ1v) is 3.69. The maximum absolute atomic E-state index is 10.9. The lowest BCUT2D eigenvalue weighted by molar-refractivity contribution is 0.248. The van der Waals surface area contributed by atoms with Gasteiger partial charge in [0.25, 0.3) is 0 Å². The van der Waals surface area contributed by atoms with Crippen LogP contribution in [0.4, 0.5) is 10.5 Å². The Labute approximate surface area is 73.9 Å². The van der Waals surface area contributed by atoms with E-state index in [1.807, 2.05) is 0 Å². The number of hydrogen-bond donors (Lipinski definition) is 0. The van der Waals surface area contributed by atoms with Gasteiger partial charge in [0.1, 0.15) is 5.75 Å². The summed E-state index contributed by atoms with van der Waals surface area (Å²) in [5, 5.41) is 2.33. The second kappa shape index (κ2) is 2.85. The maximum atomic E-state index is 10.9. The van der Waals surface area contributed by atoms with Gasteiger partial charge < -0.3 is 4.74 Å². The second-order valence-electron chi connectivity index (χ2n) is 2.54. The number of fused-ring (bicyclic) bond motifs is 1. The number of hydrogen-bond acceptors (Lipinski definition) is 3. The first kappa shape index (κ1) is 7.72. The van der Waals surface area contributed by atoms with Crippen LogP contribution in [0.3, 0.4) is 0 Å². The fourth-order valence-corrected chi connectivity index (χ4v) is 1.21. The summed E-state index contributed by atoms with van der Waals surface area (Å²) in [6, 6.07) is 6.16. The number of para-hydroxylation sites is 2. The summed E-state index contributed by atoms with van der Waals surface area (Å²) < 4.78 is 5.14. The number of nitroso groups, excluding NO2 is 1. The number of rotatable bonds is 0. The minimum Gasteiger partial charge on any atom is -0.470 e. The van der Waals surface area contributed by atoms with Crippen molar-refractivity contribution in [2.24, 2.45) is 5.18 Å². The highest BCUT2D eigenvalue weighted by Gasteiger charge is 2.25. The van der Waals surface area contributed by atoms with Gasteiger partial charge in [-0.1, -0.05) is 12.1 Å². The van der Waals surface area contributed by atoms with Gasteiger partial charge in [0.05, 0.1) is 5.69 Å². The molecule has 0 spiro atoms. The molecular formula is C8H6N2O3. The highest BCUT2D eigenvalue weighted by atomic mass is 16.5. The molecule has 13 heavy (non-hydrogen) atoms. The van der Waals surface area contributed by atoms with Gasteiger partial charge >= 0.3 is 6.03 Å². The molecule has 1 heterocycles. The van der Waals surface area contributed by atoms with Crippen molar-refractivity contribution in [3.63, 3.8) is 0 Å². The maximum Gasteiger partial charge on any atom is 0.388 e. The van der Waals surface area contributed by atoms with Crippen molar-refractivity contribution in [2.75, 3.05) is 11.6 Å². The number of carbonyl (C=O) groups excluding carboxylic acids is 1. The molecule has 0 atom stereocenters. The van der Waals surface area contributed by atoms with E-state index in [9.17, 15) is 9.70 Å². The fourth-order valence-electron chi connectivity index (χ4n) is 1.21. The highest BCUT2D eigenvalue weighted by Crippen LogP contribution is 2.33. The monoisotopic (exact) mass is 178 g/mol. The van der Waals surface area contributed by atoms with Crippen LogP contribution in [-0.2, 0) is 0 Å². The molecule has 0 N–H and O–H groups in total. The summed E-state index contributed by atoms with van der Waals surface area (Å²) in [5.74, 6) is 0.597. The minimum absolute atomic E-state index is 0.0594. The largest absolute Gasteiger partial charge is 0.470 e. The minimum atomic E-state index is -0.829. The van der Waals surface area contributed by atoms with E-state index in [0.29, 0.717) is 11.4 Å². The number of ether oxygens (including phenoxy) is 1. The number of benzene rings is 1. The van der Waals surface area contributed by atoms with E-state index in [-0.39, 0.29) is 6.73 Å². The van der Waals surface area contributed by atoms with E-state index in [2.05, 4.69) is 5.18 Å². The Morgan fingerprint density at radius 2 is 2.23 bits per heavy atom. The Morgan fingerprint density at radius 1 is 1.46 bits per heavy atom. The molecule has 0 saturated heterocycles. The lowest BCUT2D eigenvalue weighted by Crippen LogP contribution is -2.26. The van der Waals surface area contributed by atoms with Crippen LogP contribution in [0.1, 0.15) is 0 Å². The number of carbonyl (C=O) groups is 1. The Kier molecular flexibility index (Phi) is 1.70. The lowest BCUT2D eigenvalue weighted by Gasteiger charge is -2.07. The summed E-state index contributed by atoms with van der Waals surface area (Å²) >= 11 is 0. The Balaban J connectivity index is 2.38. The van der Waals surface area contributed by atoms with Crippen LogP contribution in [0.25, 0.3) is 0 Å². The molecule has 5 nitrogen and oxygen atoms in total. The zero-order chi connectivity index (χ0) is 9.26. The molecule has 0 aromatic heterocycles. The molecule has 0 unspecified atom stereocenters. The SMILES string of the molecule is O=NC(=O)N1COc2ccccc21. The molecule has 0 aliphatic carbocycles. The van der Waals surface area contributed by atoms with Crippen molar-refractivity contribution in [3.05, 3.63) is 29.2 Å². The van der Waals surface area contributed by atoms with E-state index in [1.165, 1.54) is 4.90 Å². The number of amides is 2. The lowest BCUT2D eigenvalue weighted by atomic mass is 10.3. The highest BCUT2D eigenvalue weighted by molar-refractivity contribution is 5.94. The summed E-state index contributed by atoms with van der Waals surface area (Å²) in [6.45, 7) is 0.0594. The van der Waals surface area contributed by atoms with Crippen LogP contribution in [0.2, 0.25) is 0 Å². The number of nitrogens with zero attached hydrogens (tertiary/aromatic N) is 2. The zero-order valence-corrected chi connectivity index (χ0v) is 6.64. The summed E-state index contributed by atoms with van der Waals surface area (Å²) in [7, 11) is 0. The molecule has 0 bridgehead atoms. The molecule has 66 valence electrons. The average Bonchev–Trinajstić information content (AvgIpc) is 2.60. The van der Waals surface area contributed by atoms with Gasteiger partial charge in [0, 0.05) is 5.18 Å². The zero-order valence-electron chi connectivity index (χ0n) is 6.64. The molecule has 5 heteroatoms. The first-order valence-electron chi connectivity index (χ1n) is 3.69. The summed E-state index contributed by atoms with van der Waals surface area (Å²) in [4.78, 5) is 22.1. The smallest absolute Gasteiger partial charge is 0.388 e. The molecule has 0 saturated carbocycles. The van der Waals surface area contributed by atoms with Crippen LogP contribution in [0.5, 0.6) is 5.75 Å². The standard InChI is InChI=1S/C8H6N2O3/c11-8(9-12)10-5-13-7-4-2-1-3-6(7)10/h1-4H,5H2. The molecule has 2 amide bonds. The van der Waals surface area contributed by atoms with Gasteiger partial charge in [-0.25, -0.2) is 4.79 Å². The van der Waals surface area contributed by atoms with E-state index >= 15 is 0 Å². The Bertz CT molecular complexity index is 364. The molecule has 0 fully saturated rings. The Morgan fingerprint density at radius 3 is 3.00 bits per heavy atom. The van der Waals surface area contributed by atoms with Crippen molar-refractivity contribution in [3.8, 4) is 5.75 Å². The topological polar surface area (TPSA) is 59.0 Å². The van der Waals surface area contributed by atoms with Gasteiger partial charge in [0.2, 0.25) is 0 Å². The van der Waals surface area contributed by atoms with Crippen LogP contribution >= 0.6 is 0 Å². The van der Waals surface area contributed by atoms with Gasteiger partial charge in [-0.15, -0.1) is 4.91 Å². The fraction of sp³-hybridized carbons (Fsp3) is 0.125. The number of urea groups is 1. The predicted molar refractivity (Wildman–Crippen MR) is 45.6 cm³/mol. The van der Waals surface area contributed by atoms with Crippen molar-refractivity contribution < 1.29 is 9.53 Å². The Hall–Kier alpha value is -1.91. The van der Waals surface area contributed by atoms with Gasteiger partial charge in [-0.2, -0.15) is 0 Å². The van der Waals surface area contributed by atoms with E-state index in [0.717, 1.165) is 0 Å². The van der Waals surface area contributed by atoms with Crippen LogP contribution in [0, 0.1) is 4.91 Å². The van der Waals surface area contributed by atoms with E-state index < -0.39 is 6.03 Å². The van der Waals surface area contributed by atoms with Crippen molar-refractivity contribution >= 4 is 11.7 Å². The van der Waals surface area contributed by atoms with Gasteiger partial charge in [0.15, 0.2) is 6.73 Å². The molecule has 1 aromatic rings. The van der Waals surface area contributed by atoms with E-state index in [4.69, 9.17) is 4.74 Å². The van der Waals surface area contributed by atoms with E-state index in [1.54, 1.807) is 24.3 Å². The predicted octanol–water partition coefficient (Wildman–Crippen LogP) is 1.73. The summed E-state index contributed by atoms with van der Waals surface area (Å²) in [6.07, 6.45) is 0. The average molecular weight is 178 g/mol. The molecule has 0 radical (unpaired) electrons.